The van der Waals surface area contributed by atoms with Crippen LogP contribution in [0.1, 0.15) is 18.4 Å². The number of carbonyl (C=O) groups is 1. The average molecular weight is 350 g/mol. The smallest absolute Gasteiger partial charge is 0.243 e. The van der Waals surface area contributed by atoms with Gasteiger partial charge in [0.15, 0.2) is 5.96 Å². The first-order chi connectivity index (χ1) is 12.0. The summed E-state index contributed by atoms with van der Waals surface area (Å²) in [6.07, 6.45) is 3.04. The maximum Gasteiger partial charge on any atom is 0.243 e. The summed E-state index contributed by atoms with van der Waals surface area (Å²) in [7, 11) is 3.42. The lowest BCUT2D eigenvalue weighted by atomic mass is 10.1. The van der Waals surface area contributed by atoms with Gasteiger partial charge in [-0.15, -0.1) is 0 Å². The van der Waals surface area contributed by atoms with Gasteiger partial charge in [0.2, 0.25) is 5.91 Å². The molecule has 138 valence electrons. The molecule has 2 N–H and O–H groups in total. The van der Waals surface area contributed by atoms with E-state index < -0.39 is 0 Å². The number of carbonyl (C=O) groups excluding carboxylic acids is 1. The van der Waals surface area contributed by atoms with Crippen LogP contribution in [0, 0.1) is 5.82 Å². The normalized spacial score (nSPS) is 17.4. The van der Waals surface area contributed by atoms with Crippen LogP contribution in [0.15, 0.2) is 29.3 Å². The van der Waals surface area contributed by atoms with Crippen molar-refractivity contribution in [1.82, 2.24) is 15.5 Å². The van der Waals surface area contributed by atoms with Gasteiger partial charge in [0.1, 0.15) is 12.4 Å². The number of benzene rings is 1. The topological polar surface area (TPSA) is 66.0 Å². The van der Waals surface area contributed by atoms with Gasteiger partial charge in [0, 0.05) is 33.8 Å². The zero-order chi connectivity index (χ0) is 18.1. The van der Waals surface area contributed by atoms with Crippen LogP contribution in [0.5, 0.6) is 0 Å². The molecule has 0 aliphatic carbocycles. The van der Waals surface area contributed by atoms with E-state index in [0.717, 1.165) is 31.4 Å². The maximum atomic E-state index is 12.9. The SMILES string of the molecule is CN(C)C(=O)CN=C(NCCc1ccc(F)cc1)NCC1CCCO1. The summed E-state index contributed by atoms with van der Waals surface area (Å²) in [5.74, 6) is 0.295. The van der Waals surface area contributed by atoms with E-state index in [1.165, 1.54) is 17.0 Å². The van der Waals surface area contributed by atoms with Gasteiger partial charge in [-0.2, -0.15) is 0 Å². The number of hydrogen-bond donors (Lipinski definition) is 2. The predicted octanol–water partition coefficient (Wildman–Crippen LogP) is 1.17. The lowest BCUT2D eigenvalue weighted by Gasteiger charge is -2.16. The Hall–Kier alpha value is -2.15. The predicted molar refractivity (Wildman–Crippen MR) is 96.1 cm³/mol. The Morgan fingerprint density at radius 3 is 2.72 bits per heavy atom. The van der Waals surface area contributed by atoms with Crippen molar-refractivity contribution in [3.05, 3.63) is 35.6 Å². The van der Waals surface area contributed by atoms with Crippen LogP contribution in [0.4, 0.5) is 4.39 Å². The highest BCUT2D eigenvalue weighted by Gasteiger charge is 2.15. The second-order valence-corrected chi connectivity index (χ2v) is 6.27. The highest BCUT2D eigenvalue weighted by Crippen LogP contribution is 2.10. The van der Waals surface area contributed by atoms with Crippen molar-refractivity contribution in [2.45, 2.75) is 25.4 Å². The number of ether oxygens (including phenoxy) is 1. The number of nitrogens with one attached hydrogen (secondary N) is 2. The number of halogens is 1. The van der Waals surface area contributed by atoms with Crippen LogP contribution in [-0.2, 0) is 16.0 Å². The molecule has 1 fully saturated rings. The monoisotopic (exact) mass is 350 g/mol. The van der Waals surface area contributed by atoms with Gasteiger partial charge < -0.3 is 20.3 Å². The Morgan fingerprint density at radius 1 is 1.32 bits per heavy atom. The average Bonchev–Trinajstić information content (AvgIpc) is 3.11. The third-order valence-electron chi connectivity index (χ3n) is 4.01. The Bertz CT molecular complexity index is 569. The van der Waals surface area contributed by atoms with E-state index in [9.17, 15) is 9.18 Å². The first-order valence-corrected chi connectivity index (χ1v) is 8.63. The fraction of sp³-hybridized carbons (Fsp3) is 0.556. The van der Waals surface area contributed by atoms with Crippen molar-refractivity contribution < 1.29 is 13.9 Å². The highest BCUT2D eigenvalue weighted by atomic mass is 19.1. The second-order valence-electron chi connectivity index (χ2n) is 6.27. The van der Waals surface area contributed by atoms with Crippen molar-refractivity contribution in [2.24, 2.45) is 4.99 Å². The summed E-state index contributed by atoms with van der Waals surface area (Å²) >= 11 is 0. The molecule has 7 heteroatoms. The summed E-state index contributed by atoms with van der Waals surface area (Å²) < 4.78 is 18.5. The first-order valence-electron chi connectivity index (χ1n) is 8.63. The minimum Gasteiger partial charge on any atom is -0.376 e. The zero-order valence-corrected chi connectivity index (χ0v) is 14.9. The first kappa shape index (κ1) is 19.2. The Morgan fingerprint density at radius 2 is 2.08 bits per heavy atom. The Kier molecular flexibility index (Phi) is 7.66. The van der Waals surface area contributed by atoms with Crippen LogP contribution >= 0.6 is 0 Å². The molecule has 1 unspecified atom stereocenters. The summed E-state index contributed by atoms with van der Waals surface area (Å²) in [5.41, 5.74) is 1.04. The molecule has 1 aromatic rings. The molecule has 1 atom stereocenters. The van der Waals surface area contributed by atoms with E-state index in [1.54, 1.807) is 26.2 Å². The van der Waals surface area contributed by atoms with Crippen LogP contribution in [-0.4, -0.2) is 63.2 Å². The lowest BCUT2D eigenvalue weighted by molar-refractivity contribution is -0.127. The van der Waals surface area contributed by atoms with Gasteiger partial charge >= 0.3 is 0 Å². The number of nitrogens with zero attached hydrogens (tertiary/aromatic N) is 2. The van der Waals surface area contributed by atoms with Gasteiger partial charge in [-0.25, -0.2) is 9.38 Å². The minimum absolute atomic E-state index is 0.0586. The molecule has 0 aromatic heterocycles. The fourth-order valence-electron chi connectivity index (χ4n) is 2.45. The minimum atomic E-state index is -0.237. The van der Waals surface area contributed by atoms with Gasteiger partial charge in [0.05, 0.1) is 6.10 Å². The van der Waals surface area contributed by atoms with Gasteiger partial charge in [-0.05, 0) is 37.0 Å². The maximum absolute atomic E-state index is 12.9. The summed E-state index contributed by atoms with van der Waals surface area (Å²) in [4.78, 5) is 17.6. The number of rotatable bonds is 7. The number of guanidine groups is 1. The third-order valence-corrected chi connectivity index (χ3v) is 4.01. The molecule has 0 spiro atoms. The summed E-state index contributed by atoms with van der Waals surface area (Å²) in [5, 5.41) is 6.45. The fourth-order valence-corrected chi connectivity index (χ4v) is 2.45. The third kappa shape index (κ3) is 7.09. The number of aliphatic imine (C=N–C) groups is 1. The van der Waals surface area contributed by atoms with Crippen LogP contribution in [0.3, 0.4) is 0 Å². The lowest BCUT2D eigenvalue weighted by Crippen LogP contribution is -2.42. The molecule has 1 aliphatic rings. The van der Waals surface area contributed by atoms with Crippen LogP contribution in [0.25, 0.3) is 0 Å². The molecule has 1 heterocycles. The molecule has 6 nitrogen and oxygen atoms in total. The largest absolute Gasteiger partial charge is 0.376 e. The van der Waals surface area contributed by atoms with Crippen LogP contribution in [0.2, 0.25) is 0 Å². The molecule has 1 aromatic carbocycles. The van der Waals surface area contributed by atoms with E-state index in [-0.39, 0.29) is 24.4 Å². The molecular weight excluding hydrogens is 323 g/mol. The van der Waals surface area contributed by atoms with Gasteiger partial charge in [-0.1, -0.05) is 12.1 Å². The summed E-state index contributed by atoms with van der Waals surface area (Å²) in [6.45, 7) is 2.19. The van der Waals surface area contributed by atoms with Crippen molar-refractivity contribution in [3.63, 3.8) is 0 Å². The molecule has 1 saturated heterocycles. The molecule has 0 radical (unpaired) electrons. The number of hydrogen-bond acceptors (Lipinski definition) is 3. The van der Waals surface area contributed by atoms with E-state index >= 15 is 0 Å². The van der Waals surface area contributed by atoms with Crippen molar-refractivity contribution in [2.75, 3.05) is 40.3 Å². The number of amides is 1. The van der Waals surface area contributed by atoms with Crippen LogP contribution < -0.4 is 10.6 Å². The molecular formula is C18H27FN4O2. The Balaban J connectivity index is 1.84. The van der Waals surface area contributed by atoms with E-state index in [2.05, 4.69) is 15.6 Å². The quantitative estimate of drug-likeness (QED) is 0.572. The molecule has 2 rings (SSSR count). The molecule has 0 saturated carbocycles. The molecule has 1 aliphatic heterocycles. The molecule has 25 heavy (non-hydrogen) atoms. The standard InChI is InChI=1S/C18H27FN4O2/c1-23(2)17(24)13-22-18(21-12-16-4-3-11-25-16)20-10-9-14-5-7-15(19)8-6-14/h5-8,16H,3-4,9-13H2,1-2H3,(H2,20,21,22). The van der Waals surface area contributed by atoms with E-state index in [4.69, 9.17) is 4.74 Å². The summed E-state index contributed by atoms with van der Waals surface area (Å²) in [6, 6.07) is 6.44. The number of likely N-dealkylation sites (N-methyl/N-ethyl adjacent to an activating group) is 1. The van der Waals surface area contributed by atoms with Gasteiger partial charge in [-0.3, -0.25) is 4.79 Å². The van der Waals surface area contributed by atoms with E-state index in [1.807, 2.05) is 0 Å². The van der Waals surface area contributed by atoms with Gasteiger partial charge in [0.25, 0.3) is 0 Å². The zero-order valence-electron chi connectivity index (χ0n) is 14.9. The van der Waals surface area contributed by atoms with E-state index in [0.29, 0.717) is 19.0 Å². The molecule has 0 bridgehead atoms. The van der Waals surface area contributed by atoms with Crippen molar-refractivity contribution in [3.8, 4) is 0 Å². The Labute approximate surface area is 148 Å². The highest BCUT2D eigenvalue weighted by molar-refractivity contribution is 5.84. The second kappa shape index (κ2) is 9.98. The molecule has 1 amide bonds. The van der Waals surface area contributed by atoms with Crippen molar-refractivity contribution in [1.29, 1.82) is 0 Å². The van der Waals surface area contributed by atoms with Crippen molar-refractivity contribution >= 4 is 11.9 Å².